The Morgan fingerprint density at radius 2 is 2.17 bits per heavy atom. The van der Waals surface area contributed by atoms with E-state index in [9.17, 15) is 4.79 Å². The zero-order valence-corrected chi connectivity index (χ0v) is 10.1. The molecule has 0 aliphatic rings. The Balaban J connectivity index is 1.99. The van der Waals surface area contributed by atoms with Gasteiger partial charge in [0.15, 0.2) is 0 Å². The van der Waals surface area contributed by atoms with Gasteiger partial charge in [0.1, 0.15) is 0 Å². The second-order valence-electron chi connectivity index (χ2n) is 3.98. The molecule has 0 spiro atoms. The number of hydrogen-bond acceptors (Lipinski definition) is 2. The van der Waals surface area contributed by atoms with Crippen LogP contribution in [0.2, 0.25) is 0 Å². The van der Waals surface area contributed by atoms with Crippen molar-refractivity contribution in [3.8, 4) is 0 Å². The number of pyridine rings is 1. The van der Waals surface area contributed by atoms with Crippen LogP contribution in [0.1, 0.15) is 11.1 Å². The molecule has 3 nitrogen and oxygen atoms in total. The summed E-state index contributed by atoms with van der Waals surface area (Å²) in [4.78, 5) is 15.7. The minimum atomic E-state index is -0.149. The molecule has 1 heterocycles. The summed E-state index contributed by atoms with van der Waals surface area (Å²) in [7, 11) is 0. The lowest BCUT2D eigenvalue weighted by molar-refractivity contribution is -0.111. The Kier molecular flexibility index (Phi) is 3.86. The molecule has 1 amide bonds. The van der Waals surface area contributed by atoms with E-state index in [2.05, 4.69) is 10.3 Å². The van der Waals surface area contributed by atoms with Crippen LogP contribution >= 0.6 is 0 Å². The maximum Gasteiger partial charge on any atom is 0.248 e. The largest absolute Gasteiger partial charge is 0.323 e. The Morgan fingerprint density at radius 1 is 1.28 bits per heavy atom. The van der Waals surface area contributed by atoms with Gasteiger partial charge in [-0.15, -0.1) is 0 Å². The molecule has 2 rings (SSSR count). The monoisotopic (exact) mass is 238 g/mol. The summed E-state index contributed by atoms with van der Waals surface area (Å²) in [5, 5.41) is 2.81. The molecule has 1 aromatic heterocycles. The molecule has 0 aliphatic heterocycles. The standard InChI is InChI=1S/C15H14N2O/c1-12-4-2-6-14(10-12)17-15(18)8-7-13-5-3-9-16-11-13/h2-11H,1H3,(H,17,18). The number of nitrogens with zero attached hydrogens (tertiary/aromatic N) is 1. The molecule has 0 fully saturated rings. The number of amides is 1. The van der Waals surface area contributed by atoms with Gasteiger partial charge < -0.3 is 5.32 Å². The van der Waals surface area contributed by atoms with Crippen molar-refractivity contribution in [2.45, 2.75) is 6.92 Å². The molecule has 18 heavy (non-hydrogen) atoms. The van der Waals surface area contributed by atoms with Crippen molar-refractivity contribution in [3.63, 3.8) is 0 Å². The van der Waals surface area contributed by atoms with E-state index in [0.717, 1.165) is 16.8 Å². The minimum Gasteiger partial charge on any atom is -0.323 e. The van der Waals surface area contributed by atoms with Gasteiger partial charge >= 0.3 is 0 Å². The minimum absolute atomic E-state index is 0.149. The lowest BCUT2D eigenvalue weighted by atomic mass is 10.2. The van der Waals surface area contributed by atoms with Gasteiger partial charge in [-0.1, -0.05) is 18.2 Å². The SMILES string of the molecule is Cc1cccc(NC(=O)C=Cc2cccnc2)c1. The van der Waals surface area contributed by atoms with Crippen molar-refractivity contribution in [1.29, 1.82) is 0 Å². The van der Waals surface area contributed by atoms with E-state index in [1.54, 1.807) is 18.5 Å². The van der Waals surface area contributed by atoms with Gasteiger partial charge in [0.2, 0.25) is 5.91 Å². The Hall–Kier alpha value is -2.42. The molecule has 0 aliphatic carbocycles. The summed E-state index contributed by atoms with van der Waals surface area (Å²) in [6, 6.07) is 11.4. The van der Waals surface area contributed by atoms with Crippen LogP contribution < -0.4 is 5.32 Å². The van der Waals surface area contributed by atoms with Gasteiger partial charge in [-0.3, -0.25) is 9.78 Å². The first-order valence-corrected chi connectivity index (χ1v) is 5.70. The molecule has 0 radical (unpaired) electrons. The maximum absolute atomic E-state index is 11.7. The van der Waals surface area contributed by atoms with E-state index in [4.69, 9.17) is 0 Å². The van der Waals surface area contributed by atoms with Crippen molar-refractivity contribution >= 4 is 17.7 Å². The van der Waals surface area contributed by atoms with Crippen LogP contribution in [-0.2, 0) is 4.79 Å². The third-order valence-electron chi connectivity index (χ3n) is 2.40. The molecule has 2 aromatic rings. The van der Waals surface area contributed by atoms with Crippen LogP contribution in [0, 0.1) is 6.92 Å². The van der Waals surface area contributed by atoms with Crippen molar-refractivity contribution in [2.24, 2.45) is 0 Å². The van der Waals surface area contributed by atoms with Crippen LogP contribution in [0.5, 0.6) is 0 Å². The number of carbonyl (C=O) groups is 1. The summed E-state index contributed by atoms with van der Waals surface area (Å²) in [6.45, 7) is 1.99. The summed E-state index contributed by atoms with van der Waals surface area (Å²) in [5.74, 6) is -0.149. The number of nitrogens with one attached hydrogen (secondary N) is 1. The number of benzene rings is 1. The normalized spacial score (nSPS) is 10.5. The highest BCUT2D eigenvalue weighted by Crippen LogP contribution is 2.09. The summed E-state index contributed by atoms with van der Waals surface area (Å²) in [6.07, 6.45) is 6.64. The van der Waals surface area contributed by atoms with Gasteiger partial charge in [-0.2, -0.15) is 0 Å². The molecule has 90 valence electrons. The first-order chi connectivity index (χ1) is 8.74. The van der Waals surface area contributed by atoms with Crippen molar-refractivity contribution in [2.75, 3.05) is 5.32 Å². The van der Waals surface area contributed by atoms with Gasteiger partial charge in [0, 0.05) is 24.2 Å². The van der Waals surface area contributed by atoms with Crippen LogP contribution in [0.4, 0.5) is 5.69 Å². The average molecular weight is 238 g/mol. The summed E-state index contributed by atoms with van der Waals surface area (Å²) < 4.78 is 0. The number of aryl methyl sites for hydroxylation is 1. The highest BCUT2D eigenvalue weighted by Gasteiger charge is 1.97. The third kappa shape index (κ3) is 3.56. The van der Waals surface area contributed by atoms with Gasteiger partial charge in [0.25, 0.3) is 0 Å². The second-order valence-corrected chi connectivity index (χ2v) is 3.98. The van der Waals surface area contributed by atoms with E-state index in [0.29, 0.717) is 0 Å². The van der Waals surface area contributed by atoms with Crippen molar-refractivity contribution in [1.82, 2.24) is 4.98 Å². The topological polar surface area (TPSA) is 42.0 Å². The Labute approximate surface area is 106 Å². The fraction of sp³-hybridized carbons (Fsp3) is 0.0667. The number of rotatable bonds is 3. The number of hydrogen-bond donors (Lipinski definition) is 1. The fourth-order valence-corrected chi connectivity index (χ4v) is 1.55. The van der Waals surface area contributed by atoms with Gasteiger partial charge in [-0.25, -0.2) is 0 Å². The number of anilines is 1. The highest BCUT2D eigenvalue weighted by atomic mass is 16.1. The molecule has 0 bridgehead atoms. The molecule has 0 saturated carbocycles. The summed E-state index contributed by atoms with van der Waals surface area (Å²) in [5.41, 5.74) is 2.82. The van der Waals surface area contributed by atoms with Gasteiger partial charge in [0.05, 0.1) is 0 Å². The van der Waals surface area contributed by atoms with E-state index in [1.165, 1.54) is 6.08 Å². The van der Waals surface area contributed by atoms with Crippen LogP contribution in [0.25, 0.3) is 6.08 Å². The smallest absolute Gasteiger partial charge is 0.248 e. The van der Waals surface area contributed by atoms with E-state index in [-0.39, 0.29) is 5.91 Å². The lowest BCUT2D eigenvalue weighted by Crippen LogP contribution is -2.07. The van der Waals surface area contributed by atoms with E-state index >= 15 is 0 Å². The molecular formula is C15H14N2O. The fourth-order valence-electron chi connectivity index (χ4n) is 1.55. The zero-order chi connectivity index (χ0) is 12.8. The highest BCUT2D eigenvalue weighted by molar-refractivity contribution is 6.01. The molecule has 0 unspecified atom stereocenters. The second kappa shape index (κ2) is 5.77. The molecular weight excluding hydrogens is 224 g/mol. The Bertz CT molecular complexity index is 562. The maximum atomic E-state index is 11.7. The van der Waals surface area contributed by atoms with Crippen molar-refractivity contribution < 1.29 is 4.79 Å². The molecule has 1 aromatic carbocycles. The Morgan fingerprint density at radius 3 is 2.89 bits per heavy atom. The predicted octanol–water partition coefficient (Wildman–Crippen LogP) is 3.04. The third-order valence-corrected chi connectivity index (χ3v) is 2.40. The van der Waals surface area contributed by atoms with E-state index < -0.39 is 0 Å². The number of carbonyl (C=O) groups excluding carboxylic acids is 1. The van der Waals surface area contributed by atoms with Crippen LogP contribution in [-0.4, -0.2) is 10.9 Å². The zero-order valence-electron chi connectivity index (χ0n) is 10.1. The lowest BCUT2D eigenvalue weighted by Gasteiger charge is -2.02. The molecule has 0 saturated heterocycles. The predicted molar refractivity (Wildman–Crippen MR) is 73.1 cm³/mol. The molecule has 3 heteroatoms. The molecule has 0 atom stereocenters. The number of aromatic nitrogens is 1. The first-order valence-electron chi connectivity index (χ1n) is 5.70. The average Bonchev–Trinajstić information content (AvgIpc) is 2.38. The molecule has 1 N–H and O–H groups in total. The van der Waals surface area contributed by atoms with Gasteiger partial charge in [-0.05, 0) is 42.3 Å². The van der Waals surface area contributed by atoms with Crippen LogP contribution in [0.15, 0.2) is 54.9 Å². The summed E-state index contributed by atoms with van der Waals surface area (Å²) >= 11 is 0. The quantitative estimate of drug-likeness (QED) is 0.835. The first kappa shape index (κ1) is 12.0. The van der Waals surface area contributed by atoms with Crippen molar-refractivity contribution in [3.05, 3.63) is 66.0 Å². The van der Waals surface area contributed by atoms with E-state index in [1.807, 2.05) is 43.3 Å². The van der Waals surface area contributed by atoms with Crippen LogP contribution in [0.3, 0.4) is 0 Å².